The summed E-state index contributed by atoms with van der Waals surface area (Å²) >= 11 is 0. The van der Waals surface area contributed by atoms with Crippen LogP contribution in [0.1, 0.15) is 36.1 Å². The van der Waals surface area contributed by atoms with Crippen LogP contribution in [0.15, 0.2) is 48.5 Å². The molecule has 3 aromatic rings. The molecule has 32 heavy (non-hydrogen) atoms. The number of amides is 1. The molecule has 0 bridgehead atoms. The Bertz CT molecular complexity index is 1070. The van der Waals surface area contributed by atoms with E-state index in [0.717, 1.165) is 36.3 Å². The molecule has 1 aliphatic rings. The zero-order valence-corrected chi connectivity index (χ0v) is 18.4. The van der Waals surface area contributed by atoms with E-state index in [1.807, 2.05) is 38.1 Å². The first-order valence-corrected chi connectivity index (χ1v) is 11.0. The van der Waals surface area contributed by atoms with Gasteiger partial charge in [0.15, 0.2) is 0 Å². The van der Waals surface area contributed by atoms with E-state index >= 15 is 0 Å². The molecule has 1 fully saturated rings. The molecule has 2 aromatic carbocycles. The number of hydrogen-bond acceptors (Lipinski definition) is 4. The van der Waals surface area contributed by atoms with E-state index in [9.17, 15) is 9.18 Å². The first-order valence-electron chi connectivity index (χ1n) is 11.0. The molecule has 168 valence electrons. The Balaban J connectivity index is 1.56. The number of para-hydroxylation sites is 1. The van der Waals surface area contributed by atoms with Crippen LogP contribution in [-0.2, 0) is 16.0 Å². The number of nitrogens with zero attached hydrogens (tertiary/aromatic N) is 2. The third-order valence-corrected chi connectivity index (χ3v) is 5.66. The number of ether oxygens (including phenoxy) is 2. The van der Waals surface area contributed by atoms with Gasteiger partial charge < -0.3 is 14.8 Å². The van der Waals surface area contributed by atoms with Crippen LogP contribution in [0, 0.1) is 19.7 Å². The lowest BCUT2D eigenvalue weighted by Crippen LogP contribution is -2.31. The Labute approximate surface area is 187 Å². The van der Waals surface area contributed by atoms with Crippen LogP contribution < -0.4 is 10.1 Å². The topological polar surface area (TPSA) is 65.4 Å². The molecule has 1 saturated heterocycles. The second kappa shape index (κ2) is 9.96. The van der Waals surface area contributed by atoms with E-state index in [4.69, 9.17) is 9.47 Å². The van der Waals surface area contributed by atoms with Crippen molar-refractivity contribution in [2.75, 3.05) is 13.2 Å². The van der Waals surface area contributed by atoms with Gasteiger partial charge >= 0.3 is 0 Å². The molecule has 0 saturated carbocycles. The number of halogens is 1. The van der Waals surface area contributed by atoms with Gasteiger partial charge in [0.05, 0.1) is 17.5 Å². The number of carbonyl (C=O) groups excluding carboxylic acids is 1. The molecule has 0 aliphatic carbocycles. The molecule has 1 aromatic heterocycles. The normalized spacial score (nSPS) is 15.7. The maximum Gasteiger partial charge on any atom is 0.226 e. The van der Waals surface area contributed by atoms with E-state index in [1.165, 1.54) is 12.1 Å². The highest BCUT2D eigenvalue weighted by atomic mass is 19.1. The average molecular weight is 438 g/mol. The van der Waals surface area contributed by atoms with Crippen molar-refractivity contribution >= 4 is 5.91 Å². The molecule has 1 aliphatic heterocycles. The summed E-state index contributed by atoms with van der Waals surface area (Å²) in [6.45, 7) is 5.17. The molecule has 1 unspecified atom stereocenters. The summed E-state index contributed by atoms with van der Waals surface area (Å²) in [4.78, 5) is 12.4. The van der Waals surface area contributed by atoms with Gasteiger partial charge in [-0.15, -0.1) is 0 Å². The summed E-state index contributed by atoms with van der Waals surface area (Å²) in [5, 5.41) is 7.60. The lowest BCUT2D eigenvalue weighted by atomic mass is 10.1. The molecule has 6 nitrogen and oxygen atoms in total. The third kappa shape index (κ3) is 5.16. The lowest BCUT2D eigenvalue weighted by Gasteiger charge is -2.13. The minimum Gasteiger partial charge on any atom is -0.438 e. The average Bonchev–Trinajstić information content (AvgIpc) is 3.41. The summed E-state index contributed by atoms with van der Waals surface area (Å²) in [6, 6.07) is 13.8. The van der Waals surface area contributed by atoms with Crippen molar-refractivity contribution in [3.05, 3.63) is 71.2 Å². The fraction of sp³-hybridized carbons (Fsp3) is 0.360. The number of nitrogens with one attached hydrogen (secondary N) is 1. The number of rotatable bonds is 8. The highest BCUT2D eigenvalue weighted by Crippen LogP contribution is 2.33. The molecule has 1 amide bonds. The highest BCUT2D eigenvalue weighted by Gasteiger charge is 2.21. The van der Waals surface area contributed by atoms with Gasteiger partial charge in [-0.3, -0.25) is 4.79 Å². The zero-order chi connectivity index (χ0) is 22.5. The summed E-state index contributed by atoms with van der Waals surface area (Å²) in [5.41, 5.74) is 3.29. The van der Waals surface area contributed by atoms with Crippen molar-refractivity contribution in [2.45, 2.75) is 45.6 Å². The second-order valence-corrected chi connectivity index (χ2v) is 8.06. The van der Waals surface area contributed by atoms with E-state index in [1.54, 1.807) is 16.8 Å². The van der Waals surface area contributed by atoms with Gasteiger partial charge in [0.1, 0.15) is 11.6 Å². The summed E-state index contributed by atoms with van der Waals surface area (Å²) in [6.07, 6.45) is 2.93. The van der Waals surface area contributed by atoms with Gasteiger partial charge in [0, 0.05) is 25.1 Å². The highest BCUT2D eigenvalue weighted by molar-refractivity contribution is 5.76. The van der Waals surface area contributed by atoms with E-state index < -0.39 is 0 Å². The minimum atomic E-state index is -0.317. The Morgan fingerprint density at radius 3 is 2.72 bits per heavy atom. The first kappa shape index (κ1) is 22.0. The first-order chi connectivity index (χ1) is 15.5. The monoisotopic (exact) mass is 437 g/mol. The lowest BCUT2D eigenvalue weighted by molar-refractivity contribution is -0.121. The van der Waals surface area contributed by atoms with Crippen LogP contribution in [0.3, 0.4) is 0 Å². The van der Waals surface area contributed by atoms with Crippen LogP contribution in [0.25, 0.3) is 5.69 Å². The van der Waals surface area contributed by atoms with Crippen molar-refractivity contribution in [1.82, 2.24) is 15.1 Å². The van der Waals surface area contributed by atoms with Crippen LogP contribution in [0.4, 0.5) is 4.39 Å². The third-order valence-electron chi connectivity index (χ3n) is 5.66. The predicted octanol–water partition coefficient (Wildman–Crippen LogP) is 4.65. The van der Waals surface area contributed by atoms with Gasteiger partial charge in [-0.25, -0.2) is 9.07 Å². The molecule has 0 radical (unpaired) electrons. The smallest absolute Gasteiger partial charge is 0.226 e. The maximum absolute atomic E-state index is 13.5. The van der Waals surface area contributed by atoms with Crippen molar-refractivity contribution < 1.29 is 18.7 Å². The molecular formula is C25H28FN3O3. The molecule has 0 spiro atoms. The number of hydrogen-bond donors (Lipinski definition) is 1. The second-order valence-electron chi connectivity index (χ2n) is 8.06. The van der Waals surface area contributed by atoms with Crippen molar-refractivity contribution in [2.24, 2.45) is 0 Å². The predicted molar refractivity (Wildman–Crippen MR) is 120 cm³/mol. The number of aryl methyl sites for hydroxylation is 2. The SMILES string of the molecule is Cc1ccccc1Oc1c(CCC(=O)NCC2CCCO2)c(C)nn1-c1ccc(F)cc1. The van der Waals surface area contributed by atoms with Crippen LogP contribution in [0.5, 0.6) is 11.6 Å². The number of carbonyl (C=O) groups is 1. The van der Waals surface area contributed by atoms with Crippen LogP contribution >= 0.6 is 0 Å². The van der Waals surface area contributed by atoms with Gasteiger partial charge in [-0.2, -0.15) is 5.10 Å². The maximum atomic E-state index is 13.5. The van der Waals surface area contributed by atoms with Crippen molar-refractivity contribution in [1.29, 1.82) is 0 Å². The number of aromatic nitrogens is 2. The number of benzene rings is 2. The Kier molecular flexibility index (Phi) is 6.85. The van der Waals surface area contributed by atoms with Crippen LogP contribution in [0.2, 0.25) is 0 Å². The molecular weight excluding hydrogens is 409 g/mol. The summed E-state index contributed by atoms with van der Waals surface area (Å²) < 4.78 is 27.0. The minimum absolute atomic E-state index is 0.0312. The Morgan fingerprint density at radius 1 is 1.22 bits per heavy atom. The summed E-state index contributed by atoms with van der Waals surface area (Å²) in [7, 11) is 0. The molecule has 1 N–H and O–H groups in total. The molecule has 4 rings (SSSR count). The standard InChI is InChI=1S/C25H28FN3O3/c1-17-6-3-4-8-23(17)32-25-22(13-14-24(30)27-16-21-7-5-15-31-21)18(2)28-29(25)20-11-9-19(26)10-12-20/h3-4,6,8-12,21H,5,7,13-16H2,1-2H3,(H,27,30). The van der Waals surface area contributed by atoms with Gasteiger partial charge in [0.25, 0.3) is 0 Å². The van der Waals surface area contributed by atoms with Crippen LogP contribution in [-0.4, -0.2) is 34.9 Å². The Morgan fingerprint density at radius 2 is 2.00 bits per heavy atom. The largest absolute Gasteiger partial charge is 0.438 e. The van der Waals surface area contributed by atoms with E-state index in [0.29, 0.717) is 36.7 Å². The van der Waals surface area contributed by atoms with Gasteiger partial charge in [0.2, 0.25) is 11.8 Å². The molecule has 1 atom stereocenters. The fourth-order valence-electron chi connectivity index (χ4n) is 3.82. The molecule has 7 heteroatoms. The van der Waals surface area contributed by atoms with Crippen molar-refractivity contribution in [3.63, 3.8) is 0 Å². The van der Waals surface area contributed by atoms with Gasteiger partial charge in [-0.05, 0) is 69.0 Å². The van der Waals surface area contributed by atoms with Crippen molar-refractivity contribution in [3.8, 4) is 17.3 Å². The zero-order valence-electron chi connectivity index (χ0n) is 18.4. The van der Waals surface area contributed by atoms with E-state index in [-0.39, 0.29) is 17.8 Å². The van der Waals surface area contributed by atoms with Gasteiger partial charge in [-0.1, -0.05) is 18.2 Å². The fourth-order valence-corrected chi connectivity index (χ4v) is 3.82. The Hall–Kier alpha value is -3.19. The van der Waals surface area contributed by atoms with E-state index in [2.05, 4.69) is 10.4 Å². The summed E-state index contributed by atoms with van der Waals surface area (Å²) in [5.74, 6) is 0.897. The molecule has 2 heterocycles. The quantitative estimate of drug-likeness (QED) is 0.557.